The molecule has 2 rings (SSSR count). The number of aromatic nitrogens is 2. The second kappa shape index (κ2) is 7.16. The Balaban J connectivity index is 2.27. The molecule has 1 atom stereocenters. The van der Waals surface area contributed by atoms with Crippen LogP contribution in [0.4, 0.5) is 0 Å². The van der Waals surface area contributed by atoms with Crippen LogP contribution in [-0.2, 0) is 4.74 Å². The lowest BCUT2D eigenvalue weighted by atomic mass is 10.1. The molecular weight excluding hydrogens is 238 g/mol. The highest BCUT2D eigenvalue weighted by Gasteiger charge is 2.14. The fourth-order valence-electron chi connectivity index (χ4n) is 2.15. The maximum absolute atomic E-state index is 5.69. The second-order valence-electron chi connectivity index (χ2n) is 4.46. The molecule has 1 aromatic heterocycles. The molecule has 4 nitrogen and oxygen atoms in total. The number of nitrogens with zero attached hydrogens (tertiary/aromatic N) is 2. The summed E-state index contributed by atoms with van der Waals surface area (Å²) in [5.74, 6) is 0. The number of hydrogen-bond acceptors (Lipinski definition) is 4. The lowest BCUT2D eigenvalue weighted by Gasteiger charge is -2.19. The Bertz CT molecular complexity index is 510. The molecular formula is C15H21N3O. The molecule has 102 valence electrons. The van der Waals surface area contributed by atoms with Crippen molar-refractivity contribution in [2.24, 2.45) is 0 Å². The zero-order valence-corrected chi connectivity index (χ0v) is 11.6. The average Bonchev–Trinajstić information content (AvgIpc) is 2.46. The van der Waals surface area contributed by atoms with Crippen molar-refractivity contribution < 1.29 is 4.74 Å². The van der Waals surface area contributed by atoms with E-state index in [1.165, 1.54) is 0 Å². The molecule has 4 heteroatoms. The summed E-state index contributed by atoms with van der Waals surface area (Å²) in [4.78, 5) is 8.80. The monoisotopic (exact) mass is 259 g/mol. The highest BCUT2D eigenvalue weighted by molar-refractivity contribution is 5.78. The molecule has 1 heterocycles. The molecule has 19 heavy (non-hydrogen) atoms. The van der Waals surface area contributed by atoms with Crippen LogP contribution in [0.5, 0.6) is 0 Å². The third-order valence-corrected chi connectivity index (χ3v) is 2.99. The molecule has 0 spiro atoms. The molecule has 0 aliphatic rings. The van der Waals surface area contributed by atoms with E-state index in [0.717, 1.165) is 36.2 Å². The second-order valence-corrected chi connectivity index (χ2v) is 4.46. The van der Waals surface area contributed by atoms with E-state index in [2.05, 4.69) is 35.2 Å². The number of ether oxygens (including phenoxy) is 1. The first-order valence-corrected chi connectivity index (χ1v) is 6.87. The van der Waals surface area contributed by atoms with E-state index in [4.69, 9.17) is 4.74 Å². The molecule has 0 aliphatic heterocycles. The van der Waals surface area contributed by atoms with Crippen LogP contribution in [-0.4, -0.2) is 29.7 Å². The summed E-state index contributed by atoms with van der Waals surface area (Å²) in [6, 6.07) is 6.27. The van der Waals surface area contributed by atoms with Crippen molar-refractivity contribution in [3.63, 3.8) is 0 Å². The number of benzene rings is 1. The van der Waals surface area contributed by atoms with Gasteiger partial charge in [0.1, 0.15) is 0 Å². The number of hydrogen-bond donors (Lipinski definition) is 1. The predicted molar refractivity (Wildman–Crippen MR) is 77.1 cm³/mol. The van der Waals surface area contributed by atoms with Gasteiger partial charge in [-0.3, -0.25) is 9.97 Å². The van der Waals surface area contributed by atoms with Gasteiger partial charge in [-0.05, 0) is 24.6 Å². The van der Waals surface area contributed by atoms with Gasteiger partial charge in [-0.15, -0.1) is 0 Å². The SMILES string of the molecule is CCCOCC(NCC)c1cccc2nccnc12. The minimum absolute atomic E-state index is 0.164. The lowest BCUT2D eigenvalue weighted by Crippen LogP contribution is -2.26. The van der Waals surface area contributed by atoms with Gasteiger partial charge < -0.3 is 10.1 Å². The molecule has 0 amide bonds. The third-order valence-electron chi connectivity index (χ3n) is 2.99. The van der Waals surface area contributed by atoms with Crippen molar-refractivity contribution in [1.29, 1.82) is 0 Å². The first-order valence-electron chi connectivity index (χ1n) is 6.87. The van der Waals surface area contributed by atoms with Gasteiger partial charge in [-0.2, -0.15) is 0 Å². The first-order chi connectivity index (χ1) is 9.36. The van der Waals surface area contributed by atoms with Crippen LogP contribution in [0.3, 0.4) is 0 Å². The van der Waals surface area contributed by atoms with E-state index in [1.54, 1.807) is 12.4 Å². The standard InChI is InChI=1S/C15H21N3O/c1-3-10-19-11-14(16-4-2)12-6-5-7-13-15(12)18-9-8-17-13/h5-9,14,16H,3-4,10-11H2,1-2H3. The van der Waals surface area contributed by atoms with Gasteiger partial charge in [-0.1, -0.05) is 26.0 Å². The van der Waals surface area contributed by atoms with Crippen molar-refractivity contribution in [3.8, 4) is 0 Å². The van der Waals surface area contributed by atoms with E-state index >= 15 is 0 Å². The van der Waals surface area contributed by atoms with Gasteiger partial charge in [0.15, 0.2) is 0 Å². The maximum atomic E-state index is 5.69. The van der Waals surface area contributed by atoms with E-state index in [1.807, 2.05) is 12.1 Å². The Morgan fingerprint density at radius 3 is 2.84 bits per heavy atom. The van der Waals surface area contributed by atoms with Crippen molar-refractivity contribution in [3.05, 3.63) is 36.2 Å². The molecule has 1 unspecified atom stereocenters. The summed E-state index contributed by atoms with van der Waals surface area (Å²) in [5.41, 5.74) is 3.04. The van der Waals surface area contributed by atoms with Crippen LogP contribution in [0.15, 0.2) is 30.6 Å². The van der Waals surface area contributed by atoms with Crippen LogP contribution in [0, 0.1) is 0 Å². The quantitative estimate of drug-likeness (QED) is 0.777. The fourth-order valence-corrected chi connectivity index (χ4v) is 2.15. The van der Waals surface area contributed by atoms with Gasteiger partial charge in [0.2, 0.25) is 0 Å². The highest BCUT2D eigenvalue weighted by atomic mass is 16.5. The van der Waals surface area contributed by atoms with Gasteiger partial charge in [-0.25, -0.2) is 0 Å². The minimum Gasteiger partial charge on any atom is -0.379 e. The summed E-state index contributed by atoms with van der Waals surface area (Å²) in [6.45, 7) is 6.57. The van der Waals surface area contributed by atoms with Gasteiger partial charge in [0, 0.05) is 19.0 Å². The number of para-hydroxylation sites is 1. The van der Waals surface area contributed by atoms with E-state index in [0.29, 0.717) is 6.61 Å². The van der Waals surface area contributed by atoms with Crippen molar-refractivity contribution in [1.82, 2.24) is 15.3 Å². The molecule has 1 aromatic carbocycles. The largest absolute Gasteiger partial charge is 0.379 e. The zero-order chi connectivity index (χ0) is 13.5. The number of fused-ring (bicyclic) bond motifs is 1. The maximum Gasteiger partial charge on any atom is 0.0935 e. The number of likely N-dealkylation sites (N-methyl/N-ethyl adjacent to an activating group) is 1. The summed E-state index contributed by atoms with van der Waals surface area (Å²) in [5, 5.41) is 3.46. The summed E-state index contributed by atoms with van der Waals surface area (Å²) < 4.78 is 5.69. The van der Waals surface area contributed by atoms with Crippen LogP contribution in [0.25, 0.3) is 11.0 Å². The van der Waals surface area contributed by atoms with E-state index in [9.17, 15) is 0 Å². The molecule has 0 radical (unpaired) electrons. The average molecular weight is 259 g/mol. The third kappa shape index (κ3) is 3.49. The fraction of sp³-hybridized carbons (Fsp3) is 0.467. The molecule has 1 N–H and O–H groups in total. The van der Waals surface area contributed by atoms with Gasteiger partial charge >= 0.3 is 0 Å². The van der Waals surface area contributed by atoms with Crippen LogP contribution in [0.2, 0.25) is 0 Å². The topological polar surface area (TPSA) is 47.0 Å². The molecule has 0 saturated heterocycles. The molecule has 2 aromatic rings. The molecule has 0 bridgehead atoms. The molecule has 0 saturated carbocycles. The van der Waals surface area contributed by atoms with Crippen molar-refractivity contribution in [2.75, 3.05) is 19.8 Å². The minimum atomic E-state index is 0.164. The zero-order valence-electron chi connectivity index (χ0n) is 11.6. The lowest BCUT2D eigenvalue weighted by molar-refractivity contribution is 0.112. The van der Waals surface area contributed by atoms with Crippen molar-refractivity contribution >= 4 is 11.0 Å². The smallest absolute Gasteiger partial charge is 0.0935 e. The van der Waals surface area contributed by atoms with Crippen LogP contribution < -0.4 is 5.32 Å². The van der Waals surface area contributed by atoms with Crippen molar-refractivity contribution in [2.45, 2.75) is 26.3 Å². The van der Waals surface area contributed by atoms with Gasteiger partial charge in [0.05, 0.1) is 23.7 Å². The number of nitrogens with one attached hydrogen (secondary N) is 1. The summed E-state index contributed by atoms with van der Waals surface area (Å²) in [6.07, 6.45) is 4.50. The Morgan fingerprint density at radius 1 is 1.21 bits per heavy atom. The summed E-state index contributed by atoms with van der Waals surface area (Å²) in [7, 11) is 0. The number of rotatable bonds is 7. The highest BCUT2D eigenvalue weighted by Crippen LogP contribution is 2.21. The van der Waals surface area contributed by atoms with E-state index in [-0.39, 0.29) is 6.04 Å². The van der Waals surface area contributed by atoms with E-state index < -0.39 is 0 Å². The Kier molecular flexibility index (Phi) is 5.24. The predicted octanol–water partition coefficient (Wildman–Crippen LogP) is 2.71. The Hall–Kier alpha value is -1.52. The van der Waals surface area contributed by atoms with Crippen LogP contribution >= 0.6 is 0 Å². The summed E-state index contributed by atoms with van der Waals surface area (Å²) >= 11 is 0. The van der Waals surface area contributed by atoms with Gasteiger partial charge in [0.25, 0.3) is 0 Å². The Labute approximate surface area is 114 Å². The molecule has 0 fully saturated rings. The first kappa shape index (κ1) is 13.9. The van der Waals surface area contributed by atoms with Crippen LogP contribution in [0.1, 0.15) is 31.9 Å². The molecule has 0 aliphatic carbocycles. The normalized spacial score (nSPS) is 12.7. The Morgan fingerprint density at radius 2 is 2.05 bits per heavy atom.